The summed E-state index contributed by atoms with van der Waals surface area (Å²) in [7, 11) is 0. The fourth-order valence-corrected chi connectivity index (χ4v) is 3.61. The summed E-state index contributed by atoms with van der Waals surface area (Å²) >= 11 is 6.32. The van der Waals surface area contributed by atoms with E-state index < -0.39 is 35.8 Å². The second-order valence-corrected chi connectivity index (χ2v) is 9.24. The van der Waals surface area contributed by atoms with Gasteiger partial charge in [-0.3, -0.25) is 14.4 Å². The summed E-state index contributed by atoms with van der Waals surface area (Å²) < 4.78 is 16.8. The van der Waals surface area contributed by atoms with Gasteiger partial charge in [0.25, 0.3) is 0 Å². The number of esters is 2. The van der Waals surface area contributed by atoms with Crippen LogP contribution in [0.25, 0.3) is 0 Å². The third kappa shape index (κ3) is 8.13. The second kappa shape index (κ2) is 12.5. The first kappa shape index (κ1) is 27.3. The predicted molar refractivity (Wildman–Crippen MR) is 129 cm³/mol. The lowest BCUT2D eigenvalue weighted by Gasteiger charge is -2.28. The van der Waals surface area contributed by atoms with Gasteiger partial charge in [0.15, 0.2) is 11.5 Å². The Balaban J connectivity index is 2.06. The van der Waals surface area contributed by atoms with Crippen LogP contribution in [0.4, 0.5) is 0 Å². The quantitative estimate of drug-likeness (QED) is 0.299. The first-order chi connectivity index (χ1) is 16.0. The van der Waals surface area contributed by atoms with Gasteiger partial charge in [-0.25, -0.2) is 4.98 Å². The highest BCUT2D eigenvalue weighted by atomic mass is 35.5. The number of ether oxygens (including phenoxy) is 3. The molecule has 0 unspecified atom stereocenters. The molecular formula is C26H32ClNO6. The van der Waals surface area contributed by atoms with Crippen molar-refractivity contribution in [3.8, 4) is 11.5 Å². The number of nitrogens with zero attached hydrogens (tertiary/aromatic N) is 1. The molecule has 2 aromatic rings. The zero-order valence-electron chi connectivity index (χ0n) is 20.5. The zero-order chi connectivity index (χ0) is 25.4. The van der Waals surface area contributed by atoms with Gasteiger partial charge in [-0.1, -0.05) is 38.4 Å². The van der Waals surface area contributed by atoms with Crippen LogP contribution in [-0.2, 0) is 14.3 Å². The van der Waals surface area contributed by atoms with Crippen molar-refractivity contribution in [2.75, 3.05) is 0 Å². The maximum atomic E-state index is 12.8. The van der Waals surface area contributed by atoms with E-state index >= 15 is 0 Å². The van der Waals surface area contributed by atoms with Crippen molar-refractivity contribution in [2.24, 2.45) is 11.8 Å². The van der Waals surface area contributed by atoms with E-state index in [9.17, 15) is 14.4 Å². The fraction of sp³-hybridized carbons (Fsp3) is 0.462. The first-order valence-electron chi connectivity index (χ1n) is 11.3. The van der Waals surface area contributed by atoms with Crippen LogP contribution in [0.3, 0.4) is 0 Å². The van der Waals surface area contributed by atoms with Gasteiger partial charge in [0.2, 0.25) is 0 Å². The Morgan fingerprint density at radius 3 is 2.38 bits per heavy atom. The van der Waals surface area contributed by atoms with Crippen molar-refractivity contribution in [1.29, 1.82) is 0 Å². The van der Waals surface area contributed by atoms with Gasteiger partial charge in [-0.15, -0.1) is 0 Å². The molecule has 2 rings (SSSR count). The maximum absolute atomic E-state index is 12.8. The van der Waals surface area contributed by atoms with Gasteiger partial charge in [-0.05, 0) is 56.0 Å². The van der Waals surface area contributed by atoms with Gasteiger partial charge < -0.3 is 14.2 Å². The number of benzene rings is 1. The fourth-order valence-electron chi connectivity index (χ4n) is 3.34. The Labute approximate surface area is 205 Å². The molecule has 0 spiro atoms. The number of pyridine rings is 1. The highest BCUT2D eigenvalue weighted by molar-refractivity contribution is 6.32. The lowest BCUT2D eigenvalue weighted by atomic mass is 10.0. The molecule has 8 heteroatoms. The molecule has 3 atom stereocenters. The Kier molecular flexibility index (Phi) is 10.1. The van der Waals surface area contributed by atoms with Gasteiger partial charge >= 0.3 is 11.9 Å². The number of hydrogen-bond donors (Lipinski definition) is 0. The summed E-state index contributed by atoms with van der Waals surface area (Å²) in [6.07, 6.45) is 0.937. The van der Waals surface area contributed by atoms with Crippen molar-refractivity contribution in [1.82, 2.24) is 4.98 Å². The van der Waals surface area contributed by atoms with Crippen molar-refractivity contribution in [3.63, 3.8) is 0 Å². The monoisotopic (exact) mass is 489 g/mol. The number of hydrogen-bond acceptors (Lipinski definition) is 7. The average Bonchev–Trinajstić information content (AvgIpc) is 2.74. The largest absolute Gasteiger partial charge is 0.485 e. The minimum absolute atomic E-state index is 0.000397. The molecule has 0 fully saturated rings. The summed E-state index contributed by atoms with van der Waals surface area (Å²) in [5, 5.41) is 0.491. The number of ketones is 1. The minimum Gasteiger partial charge on any atom is -0.485 e. The Hall–Kier alpha value is -2.93. The number of aromatic nitrogens is 1. The minimum atomic E-state index is -0.732. The van der Waals surface area contributed by atoms with Crippen LogP contribution in [0.15, 0.2) is 36.5 Å². The van der Waals surface area contributed by atoms with E-state index in [0.717, 1.165) is 5.56 Å². The highest BCUT2D eigenvalue weighted by Gasteiger charge is 2.29. The SMILES string of the molecule is CC(=O)Oc1cccnc1C(=O)C[C@@H](C)C(=O)O[C@@H](C)[C@@H](CC(C)C)Oc1ccc(C)cc1Cl. The lowest BCUT2D eigenvalue weighted by Crippen LogP contribution is -2.36. The molecule has 0 saturated carbocycles. The number of carbonyl (C=O) groups excluding carboxylic acids is 3. The molecule has 1 aromatic heterocycles. The van der Waals surface area contributed by atoms with Crippen molar-refractivity contribution in [2.45, 2.75) is 66.6 Å². The molecule has 1 heterocycles. The van der Waals surface area contributed by atoms with E-state index in [1.54, 1.807) is 26.0 Å². The smallest absolute Gasteiger partial charge is 0.309 e. The summed E-state index contributed by atoms with van der Waals surface area (Å²) in [5.41, 5.74) is 1.01. The van der Waals surface area contributed by atoms with Crippen LogP contribution in [0.2, 0.25) is 5.02 Å². The number of Topliss-reactive ketones (excluding diaryl/α,β-unsaturated/α-hetero) is 1. The molecule has 0 radical (unpaired) electrons. The molecule has 0 bridgehead atoms. The van der Waals surface area contributed by atoms with Gasteiger partial charge in [0.05, 0.1) is 10.9 Å². The second-order valence-electron chi connectivity index (χ2n) is 8.83. The summed E-state index contributed by atoms with van der Waals surface area (Å²) in [6.45, 7) is 10.7. The Morgan fingerprint density at radius 1 is 1.06 bits per heavy atom. The zero-order valence-corrected chi connectivity index (χ0v) is 21.2. The van der Waals surface area contributed by atoms with E-state index in [1.807, 2.05) is 19.1 Å². The maximum Gasteiger partial charge on any atom is 0.309 e. The number of carbonyl (C=O) groups is 3. The summed E-state index contributed by atoms with van der Waals surface area (Å²) in [5.74, 6) is -1.36. The predicted octanol–water partition coefficient (Wildman–Crippen LogP) is 5.60. The topological polar surface area (TPSA) is 91.8 Å². The van der Waals surface area contributed by atoms with Crippen LogP contribution in [0, 0.1) is 18.8 Å². The van der Waals surface area contributed by atoms with Crippen LogP contribution in [0.1, 0.15) is 63.5 Å². The Morgan fingerprint density at radius 2 is 1.76 bits per heavy atom. The first-order valence-corrected chi connectivity index (χ1v) is 11.7. The third-order valence-corrected chi connectivity index (χ3v) is 5.37. The van der Waals surface area contributed by atoms with Crippen LogP contribution >= 0.6 is 11.6 Å². The van der Waals surface area contributed by atoms with Crippen LogP contribution < -0.4 is 9.47 Å². The van der Waals surface area contributed by atoms with E-state index in [2.05, 4.69) is 18.8 Å². The molecule has 0 aliphatic carbocycles. The van der Waals surface area contributed by atoms with Crippen molar-refractivity contribution >= 4 is 29.3 Å². The van der Waals surface area contributed by atoms with Crippen molar-refractivity contribution < 1.29 is 28.6 Å². The van der Waals surface area contributed by atoms with Gasteiger partial charge in [0.1, 0.15) is 23.7 Å². The molecule has 0 saturated heterocycles. The lowest BCUT2D eigenvalue weighted by molar-refractivity contribution is -0.157. The normalized spacial score (nSPS) is 13.6. The summed E-state index contributed by atoms with van der Waals surface area (Å²) in [4.78, 5) is 40.8. The molecule has 184 valence electrons. The third-order valence-electron chi connectivity index (χ3n) is 5.08. The highest BCUT2D eigenvalue weighted by Crippen LogP contribution is 2.29. The number of rotatable bonds is 11. The molecule has 0 aliphatic heterocycles. The van der Waals surface area contributed by atoms with E-state index in [4.69, 9.17) is 25.8 Å². The van der Waals surface area contributed by atoms with E-state index in [1.165, 1.54) is 19.2 Å². The number of aryl methyl sites for hydroxylation is 1. The molecule has 0 aliphatic rings. The van der Waals surface area contributed by atoms with Crippen LogP contribution in [-0.4, -0.2) is 34.9 Å². The van der Waals surface area contributed by atoms with Gasteiger partial charge in [0, 0.05) is 19.5 Å². The molecular weight excluding hydrogens is 458 g/mol. The molecule has 0 amide bonds. The molecule has 0 N–H and O–H groups in total. The van der Waals surface area contributed by atoms with Crippen LogP contribution in [0.5, 0.6) is 11.5 Å². The standard InChI is InChI=1S/C26H32ClNO6/c1-15(2)12-24(34-22-10-9-16(3)13-20(22)27)18(5)32-26(31)17(4)14-21(30)25-23(33-19(6)29)8-7-11-28-25/h7-11,13,15,17-18,24H,12,14H2,1-6H3/t17-,18+,24-/m1/s1. The molecule has 7 nitrogen and oxygen atoms in total. The van der Waals surface area contributed by atoms with E-state index in [0.29, 0.717) is 23.1 Å². The molecule has 34 heavy (non-hydrogen) atoms. The number of halogens is 1. The molecule has 1 aromatic carbocycles. The van der Waals surface area contributed by atoms with E-state index in [-0.39, 0.29) is 17.9 Å². The Bertz CT molecular complexity index is 1020. The van der Waals surface area contributed by atoms with Crippen molar-refractivity contribution in [3.05, 3.63) is 52.8 Å². The average molecular weight is 490 g/mol. The summed E-state index contributed by atoms with van der Waals surface area (Å²) in [6, 6.07) is 8.56. The van der Waals surface area contributed by atoms with Gasteiger partial charge in [-0.2, -0.15) is 0 Å².